The molecule has 3 fully saturated rings. The zero-order valence-electron chi connectivity index (χ0n) is 19.2. The normalized spacial score (nSPS) is 31.4. The highest BCUT2D eigenvalue weighted by Crippen LogP contribution is 2.50. The summed E-state index contributed by atoms with van der Waals surface area (Å²) in [7, 11) is 0. The summed E-state index contributed by atoms with van der Waals surface area (Å²) >= 11 is 0. The molecule has 6 unspecified atom stereocenters. The monoisotopic (exact) mass is 446 g/mol. The maximum Gasteiger partial charge on any atom is 0.338 e. The topological polar surface area (TPSA) is 52.6 Å². The Morgan fingerprint density at radius 2 is 0.939 bits per heavy atom. The maximum atomic E-state index is 12.9. The van der Waals surface area contributed by atoms with Crippen molar-refractivity contribution in [2.24, 2.45) is 23.7 Å². The molecule has 0 bridgehead atoms. The molecule has 3 aliphatic carbocycles. The Morgan fingerprint density at radius 3 is 1.36 bits per heavy atom. The summed E-state index contributed by atoms with van der Waals surface area (Å²) in [6, 6.07) is 18.2. The smallest absolute Gasteiger partial charge is 0.338 e. The van der Waals surface area contributed by atoms with Crippen LogP contribution in [0, 0.1) is 23.7 Å². The van der Waals surface area contributed by atoms with Gasteiger partial charge in [0.05, 0.1) is 11.1 Å². The Labute approximate surface area is 196 Å². The Balaban J connectivity index is 1.33. The number of carbonyl (C=O) groups is 2. The van der Waals surface area contributed by atoms with Gasteiger partial charge in [-0.1, -0.05) is 55.7 Å². The summed E-state index contributed by atoms with van der Waals surface area (Å²) in [5.74, 6) is 2.52. The molecule has 0 saturated heterocycles. The number of ether oxygens (including phenoxy) is 2. The standard InChI is InChI=1S/C29H34O4/c30-28(20-8-3-1-4-9-20)32-26-16-14-24-18-22-12-7-13-23(22)19-25(24)15-17-27(26)33-29(31)21-10-5-2-6-11-21/h1-6,8-11,22-27H,7,12-19H2. The predicted molar refractivity (Wildman–Crippen MR) is 127 cm³/mol. The van der Waals surface area contributed by atoms with Crippen molar-refractivity contribution in [3.8, 4) is 0 Å². The highest BCUT2D eigenvalue weighted by molar-refractivity contribution is 5.90. The fourth-order valence-electron chi connectivity index (χ4n) is 6.56. The van der Waals surface area contributed by atoms with Crippen molar-refractivity contribution in [1.29, 1.82) is 0 Å². The van der Waals surface area contributed by atoms with Crippen molar-refractivity contribution in [2.75, 3.05) is 0 Å². The molecule has 0 spiro atoms. The van der Waals surface area contributed by atoms with E-state index in [-0.39, 0.29) is 11.9 Å². The molecule has 3 saturated carbocycles. The largest absolute Gasteiger partial charge is 0.455 e. The number of hydrogen-bond acceptors (Lipinski definition) is 4. The molecule has 4 nitrogen and oxygen atoms in total. The summed E-state index contributed by atoms with van der Waals surface area (Å²) in [5.41, 5.74) is 1.08. The third-order valence-corrected chi connectivity index (χ3v) is 8.29. The van der Waals surface area contributed by atoms with E-state index in [1.807, 2.05) is 36.4 Å². The van der Waals surface area contributed by atoms with Crippen LogP contribution < -0.4 is 0 Å². The first-order chi connectivity index (χ1) is 16.2. The summed E-state index contributed by atoms with van der Waals surface area (Å²) in [6.45, 7) is 0. The quantitative estimate of drug-likeness (QED) is 0.506. The van der Waals surface area contributed by atoms with Crippen LogP contribution in [0.3, 0.4) is 0 Å². The van der Waals surface area contributed by atoms with E-state index < -0.39 is 12.2 Å². The summed E-state index contributed by atoms with van der Waals surface area (Å²) in [6.07, 6.45) is 9.57. The molecule has 174 valence electrons. The Kier molecular flexibility index (Phi) is 6.80. The van der Waals surface area contributed by atoms with Crippen LogP contribution in [-0.2, 0) is 9.47 Å². The molecule has 4 heteroatoms. The van der Waals surface area contributed by atoms with Gasteiger partial charge in [0.25, 0.3) is 0 Å². The Bertz CT molecular complexity index is 863. The van der Waals surface area contributed by atoms with E-state index in [1.165, 1.54) is 32.1 Å². The van der Waals surface area contributed by atoms with Crippen molar-refractivity contribution < 1.29 is 19.1 Å². The van der Waals surface area contributed by atoms with Gasteiger partial charge in [-0.25, -0.2) is 9.59 Å². The molecule has 0 aliphatic heterocycles. The van der Waals surface area contributed by atoms with E-state index in [9.17, 15) is 9.59 Å². The minimum atomic E-state index is -0.410. The second-order valence-electron chi connectivity index (χ2n) is 10.2. The van der Waals surface area contributed by atoms with Crippen molar-refractivity contribution >= 4 is 11.9 Å². The number of esters is 2. The first kappa shape index (κ1) is 22.2. The van der Waals surface area contributed by atoms with Gasteiger partial charge in [-0.15, -0.1) is 0 Å². The van der Waals surface area contributed by atoms with E-state index in [0.29, 0.717) is 23.0 Å². The lowest BCUT2D eigenvalue weighted by molar-refractivity contribution is -0.0552. The number of hydrogen-bond donors (Lipinski definition) is 0. The van der Waals surface area contributed by atoms with E-state index in [0.717, 1.165) is 37.5 Å². The third-order valence-electron chi connectivity index (χ3n) is 8.29. The van der Waals surface area contributed by atoms with Gasteiger partial charge in [-0.05, 0) is 86.5 Å². The molecule has 2 aromatic carbocycles. The molecule has 2 aromatic rings. The van der Waals surface area contributed by atoms with Crippen LogP contribution in [-0.4, -0.2) is 24.1 Å². The average Bonchev–Trinajstić information content (AvgIpc) is 3.31. The van der Waals surface area contributed by atoms with Crippen LogP contribution in [0.2, 0.25) is 0 Å². The summed E-state index contributed by atoms with van der Waals surface area (Å²) in [5, 5.41) is 0. The van der Waals surface area contributed by atoms with Crippen LogP contribution in [0.4, 0.5) is 0 Å². The number of fused-ring (bicyclic) bond motifs is 2. The highest BCUT2D eigenvalue weighted by Gasteiger charge is 2.42. The maximum absolute atomic E-state index is 12.9. The molecule has 0 aromatic heterocycles. The van der Waals surface area contributed by atoms with Gasteiger partial charge in [-0.2, -0.15) is 0 Å². The van der Waals surface area contributed by atoms with Gasteiger partial charge < -0.3 is 9.47 Å². The minimum Gasteiger partial charge on any atom is -0.455 e. The van der Waals surface area contributed by atoms with Gasteiger partial charge in [0.2, 0.25) is 0 Å². The first-order valence-electron chi connectivity index (χ1n) is 12.7. The number of carbonyl (C=O) groups excluding carboxylic acids is 2. The minimum absolute atomic E-state index is 0.335. The lowest BCUT2D eigenvalue weighted by Crippen LogP contribution is -2.40. The van der Waals surface area contributed by atoms with Crippen molar-refractivity contribution in [1.82, 2.24) is 0 Å². The average molecular weight is 447 g/mol. The van der Waals surface area contributed by atoms with Gasteiger partial charge in [0, 0.05) is 0 Å². The Morgan fingerprint density at radius 1 is 0.545 bits per heavy atom. The van der Waals surface area contributed by atoms with Gasteiger partial charge >= 0.3 is 11.9 Å². The van der Waals surface area contributed by atoms with Crippen molar-refractivity contribution in [2.45, 2.75) is 70.0 Å². The zero-order valence-corrected chi connectivity index (χ0v) is 19.2. The molecule has 0 N–H and O–H groups in total. The van der Waals surface area contributed by atoms with E-state index in [4.69, 9.17) is 9.47 Å². The summed E-state index contributed by atoms with van der Waals surface area (Å²) < 4.78 is 12.0. The van der Waals surface area contributed by atoms with Crippen LogP contribution in [0.25, 0.3) is 0 Å². The fourth-order valence-corrected chi connectivity index (χ4v) is 6.56. The third kappa shape index (κ3) is 5.15. The van der Waals surface area contributed by atoms with Gasteiger partial charge in [0.15, 0.2) is 0 Å². The van der Waals surface area contributed by atoms with Crippen LogP contribution in [0.5, 0.6) is 0 Å². The molecule has 0 amide bonds. The van der Waals surface area contributed by atoms with Gasteiger partial charge in [-0.3, -0.25) is 0 Å². The highest BCUT2D eigenvalue weighted by atomic mass is 16.6. The van der Waals surface area contributed by atoms with Crippen LogP contribution in [0.1, 0.15) is 78.5 Å². The summed E-state index contributed by atoms with van der Waals surface area (Å²) in [4.78, 5) is 25.8. The zero-order chi connectivity index (χ0) is 22.6. The fraction of sp³-hybridized carbons (Fsp3) is 0.517. The van der Waals surface area contributed by atoms with E-state index in [1.54, 1.807) is 24.3 Å². The number of benzene rings is 2. The SMILES string of the molecule is O=C(OC1CCC2CC3CCCC3CC2CCC1OC(=O)c1ccccc1)c1ccccc1. The lowest BCUT2D eigenvalue weighted by Gasteiger charge is -2.42. The van der Waals surface area contributed by atoms with E-state index >= 15 is 0 Å². The molecule has 5 rings (SSSR count). The van der Waals surface area contributed by atoms with Crippen LogP contribution in [0.15, 0.2) is 60.7 Å². The molecule has 0 radical (unpaired) electrons. The van der Waals surface area contributed by atoms with Gasteiger partial charge in [0.1, 0.15) is 12.2 Å². The first-order valence-corrected chi connectivity index (χ1v) is 12.7. The van der Waals surface area contributed by atoms with Crippen molar-refractivity contribution in [3.05, 3.63) is 71.8 Å². The molecule has 3 aliphatic rings. The molecule has 0 heterocycles. The Hall–Kier alpha value is -2.62. The van der Waals surface area contributed by atoms with Crippen molar-refractivity contribution in [3.63, 3.8) is 0 Å². The predicted octanol–water partition coefficient (Wildman–Crippen LogP) is 6.45. The lowest BCUT2D eigenvalue weighted by atomic mass is 9.65. The molecular formula is C29H34O4. The number of rotatable bonds is 4. The molecule has 6 atom stereocenters. The molecular weight excluding hydrogens is 412 g/mol. The van der Waals surface area contributed by atoms with E-state index in [2.05, 4.69) is 0 Å². The molecule has 33 heavy (non-hydrogen) atoms. The second kappa shape index (κ2) is 10.1. The van der Waals surface area contributed by atoms with Crippen LogP contribution >= 0.6 is 0 Å². The second-order valence-corrected chi connectivity index (χ2v) is 10.2.